The zero-order chi connectivity index (χ0) is 16.9. The number of nitrogens with one attached hydrogen (secondary N) is 1. The Hall–Kier alpha value is -2.38. The predicted molar refractivity (Wildman–Crippen MR) is 89.5 cm³/mol. The molecule has 1 fully saturated rings. The lowest BCUT2D eigenvalue weighted by atomic mass is 9.99. The van der Waals surface area contributed by atoms with Gasteiger partial charge in [-0.1, -0.05) is 24.3 Å². The molecule has 0 saturated carbocycles. The molecule has 1 saturated heterocycles. The van der Waals surface area contributed by atoms with Crippen molar-refractivity contribution in [3.8, 4) is 11.1 Å². The maximum absolute atomic E-state index is 12.6. The summed E-state index contributed by atoms with van der Waals surface area (Å²) in [4.78, 5) is 13.7. The normalized spacial score (nSPS) is 21.2. The second kappa shape index (κ2) is 5.32. The quantitative estimate of drug-likeness (QED) is 0.873. The Morgan fingerprint density at radius 1 is 1.21 bits per heavy atom. The van der Waals surface area contributed by atoms with E-state index in [1.807, 2.05) is 0 Å². The summed E-state index contributed by atoms with van der Waals surface area (Å²) in [6.45, 7) is 0.811. The summed E-state index contributed by atoms with van der Waals surface area (Å²) in [6, 6.07) is 11.7. The largest absolute Gasteiger partial charge is 0.478 e. The minimum Gasteiger partial charge on any atom is -0.478 e. The van der Waals surface area contributed by atoms with Crippen LogP contribution >= 0.6 is 0 Å². The molecule has 124 valence electrons. The molecule has 4 rings (SSSR count). The first-order valence-corrected chi connectivity index (χ1v) is 9.21. The summed E-state index contributed by atoms with van der Waals surface area (Å²) < 4.78 is 27.8. The fraction of sp³-hybridized carbons (Fsp3) is 0.235. The zero-order valence-electron chi connectivity index (χ0n) is 12.8. The Bertz CT molecular complexity index is 939. The number of aromatic carboxylic acids is 1. The minimum atomic E-state index is -3.60. The highest BCUT2D eigenvalue weighted by molar-refractivity contribution is 7.89. The molecule has 0 aromatic heterocycles. The summed E-state index contributed by atoms with van der Waals surface area (Å²) in [5, 5.41) is 9.35. The number of anilines is 1. The van der Waals surface area contributed by atoms with E-state index < -0.39 is 16.0 Å². The molecule has 2 heterocycles. The lowest BCUT2D eigenvalue weighted by Crippen LogP contribution is -2.48. The van der Waals surface area contributed by atoms with Crippen molar-refractivity contribution < 1.29 is 18.3 Å². The van der Waals surface area contributed by atoms with Crippen LogP contribution in [0.4, 0.5) is 5.69 Å². The number of carboxylic acids is 1. The van der Waals surface area contributed by atoms with Gasteiger partial charge in [-0.25, -0.2) is 13.2 Å². The van der Waals surface area contributed by atoms with E-state index in [2.05, 4.69) is 9.62 Å². The number of sulfonamides is 1. The topological polar surface area (TPSA) is 86.7 Å². The second-order valence-electron chi connectivity index (χ2n) is 6.01. The van der Waals surface area contributed by atoms with Gasteiger partial charge in [-0.2, -0.15) is 4.72 Å². The van der Waals surface area contributed by atoms with Crippen LogP contribution < -0.4 is 9.62 Å². The Kier molecular flexibility index (Phi) is 3.36. The first-order chi connectivity index (χ1) is 11.5. The average Bonchev–Trinajstić information content (AvgIpc) is 3.02. The molecule has 24 heavy (non-hydrogen) atoms. The van der Waals surface area contributed by atoms with Gasteiger partial charge in [0.25, 0.3) is 0 Å². The van der Waals surface area contributed by atoms with Gasteiger partial charge in [-0.15, -0.1) is 0 Å². The van der Waals surface area contributed by atoms with Gasteiger partial charge in [0.2, 0.25) is 10.0 Å². The molecule has 7 heteroatoms. The predicted octanol–water partition coefficient (Wildman–Crippen LogP) is 2.27. The Morgan fingerprint density at radius 3 is 2.79 bits per heavy atom. The molecule has 2 aromatic rings. The van der Waals surface area contributed by atoms with Crippen molar-refractivity contribution in [3.05, 3.63) is 48.0 Å². The molecule has 2 N–H and O–H groups in total. The molecule has 1 unspecified atom stereocenters. The van der Waals surface area contributed by atoms with E-state index in [9.17, 15) is 18.3 Å². The van der Waals surface area contributed by atoms with E-state index in [-0.39, 0.29) is 16.6 Å². The smallest absolute Gasteiger partial charge is 0.336 e. The molecular formula is C17H16N2O4S. The average molecular weight is 344 g/mol. The summed E-state index contributed by atoms with van der Waals surface area (Å²) in [5.74, 6) is -1.04. The van der Waals surface area contributed by atoms with Gasteiger partial charge in [0, 0.05) is 6.54 Å². The third-order valence-electron chi connectivity index (χ3n) is 4.57. The molecule has 2 aliphatic rings. The van der Waals surface area contributed by atoms with Crippen LogP contribution in [-0.4, -0.2) is 32.2 Å². The number of hydrogen-bond donors (Lipinski definition) is 2. The van der Waals surface area contributed by atoms with Gasteiger partial charge in [-0.05, 0) is 42.2 Å². The standard InChI is InChI=1S/C17H16N2O4S/c20-17(21)13-5-2-1-4-12(13)11-7-8-14-15(10-11)24(22,23)18-16-6-3-9-19(14)16/h1-2,4-5,7-8,10,16,18H,3,6,9H2,(H,20,21). The van der Waals surface area contributed by atoms with Crippen molar-refractivity contribution in [2.75, 3.05) is 11.4 Å². The van der Waals surface area contributed by atoms with Crippen LogP contribution in [0.5, 0.6) is 0 Å². The van der Waals surface area contributed by atoms with Crippen LogP contribution in [0.2, 0.25) is 0 Å². The van der Waals surface area contributed by atoms with Crippen molar-refractivity contribution in [2.45, 2.75) is 23.9 Å². The fourth-order valence-electron chi connectivity index (χ4n) is 3.48. The molecule has 6 nitrogen and oxygen atoms in total. The van der Waals surface area contributed by atoms with Crippen molar-refractivity contribution in [3.63, 3.8) is 0 Å². The van der Waals surface area contributed by atoms with Crippen LogP contribution in [0.3, 0.4) is 0 Å². The molecule has 1 atom stereocenters. The van der Waals surface area contributed by atoms with Crippen molar-refractivity contribution >= 4 is 21.7 Å². The van der Waals surface area contributed by atoms with Crippen LogP contribution in [0, 0.1) is 0 Å². The fourth-order valence-corrected chi connectivity index (χ4v) is 4.95. The molecule has 2 aliphatic heterocycles. The van der Waals surface area contributed by atoms with E-state index in [0.29, 0.717) is 16.8 Å². The molecule has 2 aromatic carbocycles. The SMILES string of the molecule is O=C(O)c1ccccc1-c1ccc2c(c1)S(=O)(=O)NC1CCCN21. The number of carbonyl (C=O) groups is 1. The summed E-state index contributed by atoms with van der Waals surface area (Å²) in [7, 11) is -3.60. The van der Waals surface area contributed by atoms with Gasteiger partial charge >= 0.3 is 5.97 Å². The highest BCUT2D eigenvalue weighted by Gasteiger charge is 2.37. The van der Waals surface area contributed by atoms with E-state index in [1.54, 1.807) is 36.4 Å². The van der Waals surface area contributed by atoms with Crippen LogP contribution in [0.1, 0.15) is 23.2 Å². The molecule has 0 spiro atoms. The monoisotopic (exact) mass is 344 g/mol. The van der Waals surface area contributed by atoms with E-state index in [4.69, 9.17) is 0 Å². The molecule has 0 radical (unpaired) electrons. The number of fused-ring (bicyclic) bond motifs is 3. The third kappa shape index (κ3) is 2.28. The minimum absolute atomic E-state index is 0.151. The first-order valence-electron chi connectivity index (χ1n) is 7.73. The van der Waals surface area contributed by atoms with E-state index in [0.717, 1.165) is 19.4 Å². The van der Waals surface area contributed by atoms with E-state index in [1.165, 1.54) is 6.07 Å². The lowest BCUT2D eigenvalue weighted by molar-refractivity contribution is 0.0697. The maximum atomic E-state index is 12.6. The van der Waals surface area contributed by atoms with Crippen LogP contribution in [0.25, 0.3) is 11.1 Å². The number of nitrogens with zero attached hydrogens (tertiary/aromatic N) is 1. The van der Waals surface area contributed by atoms with Crippen LogP contribution in [0.15, 0.2) is 47.4 Å². The first kappa shape index (κ1) is 15.2. The van der Waals surface area contributed by atoms with Gasteiger partial charge in [0.05, 0.1) is 17.4 Å². The van der Waals surface area contributed by atoms with Gasteiger partial charge in [0.15, 0.2) is 0 Å². The Labute approximate surface area is 139 Å². The molecular weight excluding hydrogens is 328 g/mol. The van der Waals surface area contributed by atoms with Gasteiger partial charge in [-0.3, -0.25) is 0 Å². The van der Waals surface area contributed by atoms with Crippen molar-refractivity contribution in [1.29, 1.82) is 0 Å². The molecule has 0 bridgehead atoms. The summed E-state index contributed by atoms with van der Waals surface area (Å²) in [6.07, 6.45) is 1.55. The molecule has 0 amide bonds. The summed E-state index contributed by atoms with van der Waals surface area (Å²) in [5.41, 5.74) is 1.92. The van der Waals surface area contributed by atoms with Gasteiger partial charge < -0.3 is 10.0 Å². The van der Waals surface area contributed by atoms with Crippen molar-refractivity contribution in [2.24, 2.45) is 0 Å². The molecule has 0 aliphatic carbocycles. The second-order valence-corrected chi connectivity index (χ2v) is 7.69. The van der Waals surface area contributed by atoms with Crippen LogP contribution in [-0.2, 0) is 10.0 Å². The highest BCUT2D eigenvalue weighted by Crippen LogP contribution is 2.38. The highest BCUT2D eigenvalue weighted by atomic mass is 32.2. The number of carboxylic acid groups (broad SMARTS) is 1. The Morgan fingerprint density at radius 2 is 2.00 bits per heavy atom. The zero-order valence-corrected chi connectivity index (χ0v) is 13.6. The number of benzene rings is 2. The lowest BCUT2D eigenvalue weighted by Gasteiger charge is -2.34. The number of hydrogen-bond acceptors (Lipinski definition) is 4. The third-order valence-corrected chi connectivity index (χ3v) is 6.06. The van der Waals surface area contributed by atoms with Gasteiger partial charge in [0.1, 0.15) is 4.90 Å². The maximum Gasteiger partial charge on any atom is 0.336 e. The summed E-state index contributed by atoms with van der Waals surface area (Å²) >= 11 is 0. The van der Waals surface area contributed by atoms with Crippen molar-refractivity contribution in [1.82, 2.24) is 4.72 Å². The van der Waals surface area contributed by atoms with E-state index >= 15 is 0 Å². The number of rotatable bonds is 2. The Balaban J connectivity index is 1.89.